The van der Waals surface area contributed by atoms with Crippen LogP contribution in [0.25, 0.3) is 11.1 Å². The first-order chi connectivity index (χ1) is 13.3. The third-order valence-corrected chi connectivity index (χ3v) is 7.55. The minimum Gasteiger partial charge on any atom is -0.322 e. The lowest BCUT2D eigenvalue weighted by Crippen LogP contribution is -2.30. The van der Waals surface area contributed by atoms with E-state index >= 15 is 0 Å². The minimum atomic E-state index is -3.60. The summed E-state index contributed by atoms with van der Waals surface area (Å²) in [6.45, 7) is 1.95. The number of nitrogens with zero attached hydrogens (tertiary/aromatic N) is 1. The van der Waals surface area contributed by atoms with E-state index in [1.165, 1.54) is 11.4 Å². The van der Waals surface area contributed by atoms with Crippen molar-refractivity contribution in [1.29, 1.82) is 0 Å². The molecule has 4 rings (SSSR count). The molecule has 1 N–H and O–H groups in total. The van der Waals surface area contributed by atoms with Crippen molar-refractivity contribution in [2.24, 2.45) is 0 Å². The molecule has 0 aliphatic carbocycles. The molecule has 0 fully saturated rings. The van der Waals surface area contributed by atoms with E-state index in [2.05, 4.69) is 21.2 Å². The number of fused-ring (bicyclic) bond motifs is 3. The van der Waals surface area contributed by atoms with Crippen LogP contribution >= 0.6 is 15.9 Å². The summed E-state index contributed by atoms with van der Waals surface area (Å²) < 4.78 is 27.7. The second-order valence-electron chi connectivity index (χ2n) is 6.62. The molecule has 3 aromatic carbocycles. The van der Waals surface area contributed by atoms with E-state index < -0.39 is 10.0 Å². The quantitative estimate of drug-likeness (QED) is 0.601. The van der Waals surface area contributed by atoms with Gasteiger partial charge in [-0.05, 0) is 55.0 Å². The summed E-state index contributed by atoms with van der Waals surface area (Å²) in [5.74, 6) is -0.252. The lowest BCUT2D eigenvalue weighted by Gasteiger charge is -2.29. The third-order valence-electron chi connectivity index (χ3n) is 4.83. The largest absolute Gasteiger partial charge is 0.322 e. The van der Waals surface area contributed by atoms with Gasteiger partial charge < -0.3 is 5.32 Å². The Labute approximate surface area is 172 Å². The highest BCUT2D eigenvalue weighted by atomic mass is 79.9. The molecule has 142 valence electrons. The van der Waals surface area contributed by atoms with E-state index in [-0.39, 0.29) is 10.8 Å². The molecule has 0 atom stereocenters. The Hall–Kier alpha value is -2.64. The highest BCUT2D eigenvalue weighted by molar-refractivity contribution is 9.10. The lowest BCUT2D eigenvalue weighted by molar-refractivity contribution is 0.102. The number of halogens is 1. The zero-order valence-electron chi connectivity index (χ0n) is 15.2. The normalized spacial score (nSPS) is 14.2. The maximum absolute atomic E-state index is 12.8. The molecule has 1 amide bonds. The van der Waals surface area contributed by atoms with Crippen molar-refractivity contribution in [1.82, 2.24) is 0 Å². The molecule has 28 heavy (non-hydrogen) atoms. The zero-order valence-corrected chi connectivity index (χ0v) is 17.6. The minimum absolute atomic E-state index is 0.242. The van der Waals surface area contributed by atoms with Crippen LogP contribution < -0.4 is 9.62 Å². The molecular weight excluding hydrogens is 440 g/mol. The van der Waals surface area contributed by atoms with Crippen molar-refractivity contribution in [3.05, 3.63) is 76.3 Å². The standard InChI is InChI=1S/C21H17BrN2O3S/c1-13-11-15(8-9-18(13)22)23-21(25)14-7-10-19-17(12-14)16-5-3-4-6-20(16)28(26,27)24(19)2/h3-12H,1-2H3,(H,23,25). The maximum Gasteiger partial charge on any atom is 0.264 e. The average molecular weight is 457 g/mol. The molecular formula is C21H17BrN2O3S. The maximum atomic E-state index is 12.8. The van der Waals surface area contributed by atoms with Gasteiger partial charge >= 0.3 is 0 Å². The fourth-order valence-corrected chi connectivity index (χ4v) is 4.95. The average Bonchev–Trinajstić information content (AvgIpc) is 2.69. The lowest BCUT2D eigenvalue weighted by atomic mass is 10.00. The van der Waals surface area contributed by atoms with Gasteiger partial charge in [0.15, 0.2) is 0 Å². The van der Waals surface area contributed by atoms with Crippen LogP contribution in [0.3, 0.4) is 0 Å². The Morgan fingerprint density at radius 2 is 1.75 bits per heavy atom. The van der Waals surface area contributed by atoms with Crippen LogP contribution in [0.2, 0.25) is 0 Å². The SMILES string of the molecule is Cc1cc(NC(=O)c2ccc3c(c2)-c2ccccc2S(=O)(=O)N3C)ccc1Br. The van der Waals surface area contributed by atoms with Crippen molar-refractivity contribution in [3.8, 4) is 11.1 Å². The van der Waals surface area contributed by atoms with Crippen LogP contribution in [0.15, 0.2) is 70.0 Å². The van der Waals surface area contributed by atoms with Gasteiger partial charge in [0.05, 0.1) is 10.6 Å². The fraction of sp³-hybridized carbons (Fsp3) is 0.0952. The van der Waals surface area contributed by atoms with Gasteiger partial charge in [-0.2, -0.15) is 0 Å². The van der Waals surface area contributed by atoms with Crippen molar-refractivity contribution in [3.63, 3.8) is 0 Å². The topological polar surface area (TPSA) is 66.5 Å². The van der Waals surface area contributed by atoms with Crippen LogP contribution in [0, 0.1) is 6.92 Å². The molecule has 1 aliphatic heterocycles. The van der Waals surface area contributed by atoms with E-state index in [1.807, 2.05) is 25.1 Å². The summed E-state index contributed by atoms with van der Waals surface area (Å²) in [4.78, 5) is 13.0. The number of nitrogens with one attached hydrogen (secondary N) is 1. The molecule has 0 aromatic heterocycles. The van der Waals surface area contributed by atoms with Crippen molar-refractivity contribution < 1.29 is 13.2 Å². The first kappa shape index (κ1) is 18.7. The summed E-state index contributed by atoms with van der Waals surface area (Å²) in [5, 5.41) is 2.89. The Balaban J connectivity index is 1.75. The molecule has 0 unspecified atom stereocenters. The Kier molecular flexibility index (Phi) is 4.51. The molecule has 1 aliphatic rings. The van der Waals surface area contributed by atoms with Crippen molar-refractivity contribution in [2.45, 2.75) is 11.8 Å². The van der Waals surface area contributed by atoms with Gasteiger partial charge in [0, 0.05) is 33.9 Å². The molecule has 0 bridgehead atoms. The number of amides is 1. The highest BCUT2D eigenvalue weighted by Gasteiger charge is 2.32. The van der Waals surface area contributed by atoms with Crippen LogP contribution in [0.1, 0.15) is 15.9 Å². The van der Waals surface area contributed by atoms with Gasteiger partial charge in [0.1, 0.15) is 0 Å². The summed E-state index contributed by atoms with van der Waals surface area (Å²) in [7, 11) is -2.07. The first-order valence-corrected chi connectivity index (χ1v) is 10.8. The number of carbonyl (C=O) groups is 1. The zero-order chi connectivity index (χ0) is 20.1. The number of aryl methyl sites for hydroxylation is 1. The summed E-state index contributed by atoms with van der Waals surface area (Å²) in [5.41, 5.74) is 4.04. The fourth-order valence-electron chi connectivity index (χ4n) is 3.28. The molecule has 5 nitrogen and oxygen atoms in total. The van der Waals surface area contributed by atoms with E-state index in [0.29, 0.717) is 28.1 Å². The van der Waals surface area contributed by atoms with E-state index in [4.69, 9.17) is 0 Å². The van der Waals surface area contributed by atoms with Gasteiger partial charge in [-0.3, -0.25) is 9.10 Å². The summed E-state index contributed by atoms with van der Waals surface area (Å²) in [6.07, 6.45) is 0. The number of benzene rings is 3. The van der Waals surface area contributed by atoms with Crippen LogP contribution in [0.4, 0.5) is 11.4 Å². The van der Waals surface area contributed by atoms with Crippen molar-refractivity contribution >= 4 is 43.2 Å². The molecule has 7 heteroatoms. The molecule has 3 aromatic rings. The first-order valence-electron chi connectivity index (χ1n) is 8.59. The predicted molar refractivity (Wildman–Crippen MR) is 114 cm³/mol. The van der Waals surface area contributed by atoms with Gasteiger partial charge in [-0.25, -0.2) is 8.42 Å². The highest BCUT2D eigenvalue weighted by Crippen LogP contribution is 2.42. The van der Waals surface area contributed by atoms with E-state index in [9.17, 15) is 13.2 Å². The second kappa shape index (κ2) is 6.76. The molecule has 0 saturated carbocycles. The van der Waals surface area contributed by atoms with Crippen LogP contribution in [-0.2, 0) is 10.0 Å². The number of sulfonamides is 1. The third kappa shape index (κ3) is 3.00. The monoisotopic (exact) mass is 456 g/mol. The van der Waals surface area contributed by atoms with Gasteiger partial charge in [-0.15, -0.1) is 0 Å². The van der Waals surface area contributed by atoms with E-state index in [1.54, 1.807) is 42.5 Å². The summed E-state index contributed by atoms with van der Waals surface area (Å²) >= 11 is 3.45. The number of rotatable bonds is 2. The van der Waals surface area contributed by atoms with Gasteiger partial charge in [-0.1, -0.05) is 34.1 Å². The molecule has 0 radical (unpaired) electrons. The Morgan fingerprint density at radius 3 is 2.50 bits per heavy atom. The molecule has 1 heterocycles. The molecule has 0 spiro atoms. The van der Waals surface area contributed by atoms with E-state index in [0.717, 1.165) is 10.0 Å². The Bertz CT molecular complexity index is 1220. The predicted octanol–water partition coefficient (Wildman–Crippen LogP) is 4.82. The van der Waals surface area contributed by atoms with Crippen LogP contribution in [0.5, 0.6) is 0 Å². The Morgan fingerprint density at radius 1 is 1.00 bits per heavy atom. The number of hydrogen-bond acceptors (Lipinski definition) is 3. The summed E-state index contributed by atoms with van der Waals surface area (Å²) in [6, 6.07) is 17.5. The number of anilines is 2. The molecule has 0 saturated heterocycles. The van der Waals surface area contributed by atoms with Crippen molar-refractivity contribution in [2.75, 3.05) is 16.7 Å². The second-order valence-corrected chi connectivity index (χ2v) is 9.41. The smallest absolute Gasteiger partial charge is 0.264 e. The number of carbonyl (C=O) groups excluding carboxylic acids is 1. The van der Waals surface area contributed by atoms with Gasteiger partial charge in [0.2, 0.25) is 0 Å². The van der Waals surface area contributed by atoms with Crippen LogP contribution in [-0.4, -0.2) is 21.4 Å². The number of hydrogen-bond donors (Lipinski definition) is 1. The van der Waals surface area contributed by atoms with Gasteiger partial charge in [0.25, 0.3) is 15.9 Å².